The van der Waals surface area contributed by atoms with E-state index in [1.54, 1.807) is 13.0 Å². The fraction of sp³-hybridized carbons (Fsp3) is 0.273. The van der Waals surface area contributed by atoms with Gasteiger partial charge in [-0.05, 0) is 30.7 Å². The summed E-state index contributed by atoms with van der Waals surface area (Å²) < 4.78 is 4.81. The Hall–Kier alpha value is -1.88. The molecule has 0 aromatic heterocycles. The van der Waals surface area contributed by atoms with Crippen LogP contribution in [0.4, 0.5) is 5.69 Å². The van der Waals surface area contributed by atoms with Crippen molar-refractivity contribution in [1.29, 1.82) is 0 Å². The SMILES string of the molecule is Cc1cc(N2C(=O)COCC2=O)ccc1O. The van der Waals surface area contributed by atoms with E-state index in [1.165, 1.54) is 12.1 Å². The highest BCUT2D eigenvalue weighted by atomic mass is 16.5. The van der Waals surface area contributed by atoms with Crippen LogP contribution in [0.1, 0.15) is 5.56 Å². The monoisotopic (exact) mass is 221 g/mol. The Morgan fingerprint density at radius 3 is 2.44 bits per heavy atom. The molecule has 0 spiro atoms. The Labute approximate surface area is 92.2 Å². The topological polar surface area (TPSA) is 66.8 Å². The number of rotatable bonds is 1. The number of nitrogens with zero attached hydrogens (tertiary/aromatic N) is 1. The number of hydrogen-bond acceptors (Lipinski definition) is 4. The minimum atomic E-state index is -0.388. The quantitative estimate of drug-likeness (QED) is 0.705. The van der Waals surface area contributed by atoms with Crippen molar-refractivity contribution in [1.82, 2.24) is 0 Å². The Bertz CT molecular complexity index is 439. The van der Waals surface area contributed by atoms with Gasteiger partial charge in [-0.15, -0.1) is 0 Å². The fourth-order valence-electron chi connectivity index (χ4n) is 1.56. The number of carbonyl (C=O) groups excluding carboxylic acids is 2. The van der Waals surface area contributed by atoms with Crippen LogP contribution in [0, 0.1) is 6.92 Å². The van der Waals surface area contributed by atoms with Crippen LogP contribution in [-0.4, -0.2) is 30.1 Å². The number of carbonyl (C=O) groups is 2. The van der Waals surface area contributed by atoms with Crippen LogP contribution >= 0.6 is 0 Å². The summed E-state index contributed by atoms with van der Waals surface area (Å²) in [5, 5.41) is 9.36. The van der Waals surface area contributed by atoms with Crippen molar-refractivity contribution in [2.75, 3.05) is 18.1 Å². The summed E-state index contributed by atoms with van der Waals surface area (Å²) >= 11 is 0. The van der Waals surface area contributed by atoms with E-state index in [9.17, 15) is 14.7 Å². The van der Waals surface area contributed by atoms with Crippen molar-refractivity contribution in [3.63, 3.8) is 0 Å². The lowest BCUT2D eigenvalue weighted by molar-refractivity contribution is -0.138. The number of anilines is 1. The molecule has 0 radical (unpaired) electrons. The van der Waals surface area contributed by atoms with Crippen molar-refractivity contribution in [2.24, 2.45) is 0 Å². The van der Waals surface area contributed by atoms with E-state index in [0.29, 0.717) is 11.3 Å². The van der Waals surface area contributed by atoms with Crippen LogP contribution in [0.2, 0.25) is 0 Å². The van der Waals surface area contributed by atoms with E-state index in [0.717, 1.165) is 4.90 Å². The fourth-order valence-corrected chi connectivity index (χ4v) is 1.56. The normalized spacial score (nSPS) is 16.7. The molecule has 16 heavy (non-hydrogen) atoms. The standard InChI is InChI=1S/C11H11NO4/c1-7-4-8(2-3-9(7)13)12-10(14)5-16-6-11(12)15/h2-4,13H,5-6H2,1H3. The maximum atomic E-state index is 11.5. The summed E-state index contributed by atoms with van der Waals surface area (Å²) in [6, 6.07) is 4.58. The van der Waals surface area contributed by atoms with Gasteiger partial charge in [0.1, 0.15) is 19.0 Å². The smallest absolute Gasteiger partial charge is 0.259 e. The van der Waals surface area contributed by atoms with Gasteiger partial charge < -0.3 is 9.84 Å². The number of phenolic OH excluding ortho intramolecular Hbond substituents is 1. The molecule has 0 aliphatic carbocycles. The maximum absolute atomic E-state index is 11.5. The van der Waals surface area contributed by atoms with Crippen molar-refractivity contribution in [2.45, 2.75) is 6.92 Å². The number of benzene rings is 1. The minimum Gasteiger partial charge on any atom is -0.508 e. The number of morpholine rings is 1. The predicted octanol–water partition coefficient (Wildman–Crippen LogP) is 0.590. The number of aromatic hydroxyl groups is 1. The zero-order chi connectivity index (χ0) is 11.7. The van der Waals surface area contributed by atoms with E-state index in [-0.39, 0.29) is 30.8 Å². The minimum absolute atomic E-state index is 0.0916. The lowest BCUT2D eigenvalue weighted by Crippen LogP contribution is -2.46. The molecule has 0 atom stereocenters. The van der Waals surface area contributed by atoms with Crippen molar-refractivity contribution in [3.05, 3.63) is 23.8 Å². The number of hydrogen-bond donors (Lipinski definition) is 1. The van der Waals surface area contributed by atoms with Gasteiger partial charge in [0.25, 0.3) is 11.8 Å². The Balaban J connectivity index is 2.38. The molecule has 0 unspecified atom stereocenters. The van der Waals surface area contributed by atoms with Gasteiger partial charge >= 0.3 is 0 Å². The molecule has 0 bridgehead atoms. The highest BCUT2D eigenvalue weighted by molar-refractivity contribution is 6.17. The second kappa shape index (κ2) is 3.94. The van der Waals surface area contributed by atoms with Gasteiger partial charge in [0.05, 0.1) is 5.69 Å². The molecule has 1 saturated heterocycles. The summed E-state index contributed by atoms with van der Waals surface area (Å²) in [6.45, 7) is 1.52. The first kappa shape index (κ1) is 10.6. The van der Waals surface area contributed by atoms with Crippen LogP contribution in [0.3, 0.4) is 0 Å². The Morgan fingerprint density at radius 2 is 1.88 bits per heavy atom. The Kier molecular flexibility index (Phi) is 2.62. The van der Waals surface area contributed by atoms with Crippen molar-refractivity contribution < 1.29 is 19.4 Å². The van der Waals surface area contributed by atoms with E-state index in [2.05, 4.69) is 0 Å². The summed E-state index contributed by atoms with van der Waals surface area (Å²) in [5.41, 5.74) is 1.08. The Morgan fingerprint density at radius 1 is 1.25 bits per heavy atom. The number of amides is 2. The second-order valence-electron chi connectivity index (χ2n) is 3.59. The average molecular weight is 221 g/mol. The van der Waals surface area contributed by atoms with Crippen molar-refractivity contribution in [3.8, 4) is 5.75 Å². The van der Waals surface area contributed by atoms with Crippen LogP contribution in [0.15, 0.2) is 18.2 Å². The van der Waals surface area contributed by atoms with Gasteiger partial charge in [0.15, 0.2) is 0 Å². The number of aryl methyl sites for hydroxylation is 1. The van der Waals surface area contributed by atoms with Crippen molar-refractivity contribution >= 4 is 17.5 Å². The lowest BCUT2D eigenvalue weighted by atomic mass is 10.2. The first-order chi connectivity index (χ1) is 7.59. The van der Waals surface area contributed by atoms with Gasteiger partial charge in [-0.1, -0.05) is 0 Å². The lowest BCUT2D eigenvalue weighted by Gasteiger charge is -2.25. The molecule has 5 nitrogen and oxygen atoms in total. The van der Waals surface area contributed by atoms with Crippen LogP contribution in [0.5, 0.6) is 5.75 Å². The molecule has 1 heterocycles. The number of imide groups is 1. The highest BCUT2D eigenvalue weighted by Crippen LogP contribution is 2.24. The first-order valence-corrected chi connectivity index (χ1v) is 4.83. The summed E-state index contributed by atoms with van der Waals surface area (Å²) in [7, 11) is 0. The molecule has 1 N–H and O–H groups in total. The zero-order valence-electron chi connectivity index (χ0n) is 8.77. The average Bonchev–Trinajstić information content (AvgIpc) is 2.23. The predicted molar refractivity (Wildman–Crippen MR) is 56.2 cm³/mol. The van der Waals surface area contributed by atoms with E-state index >= 15 is 0 Å². The molecule has 84 valence electrons. The third-order valence-corrected chi connectivity index (χ3v) is 2.39. The van der Waals surface area contributed by atoms with Gasteiger partial charge in [-0.2, -0.15) is 0 Å². The van der Waals surface area contributed by atoms with Gasteiger partial charge in [-0.25, -0.2) is 4.90 Å². The molecule has 2 rings (SSSR count). The molecule has 1 aromatic rings. The van der Waals surface area contributed by atoms with E-state index in [4.69, 9.17) is 4.74 Å². The molecule has 5 heteroatoms. The van der Waals surface area contributed by atoms with Crippen LogP contribution in [-0.2, 0) is 14.3 Å². The molecular weight excluding hydrogens is 210 g/mol. The molecule has 1 aliphatic rings. The van der Waals surface area contributed by atoms with E-state index < -0.39 is 0 Å². The molecule has 0 saturated carbocycles. The molecule has 1 fully saturated rings. The molecule has 1 aromatic carbocycles. The largest absolute Gasteiger partial charge is 0.508 e. The maximum Gasteiger partial charge on any atom is 0.259 e. The van der Waals surface area contributed by atoms with Gasteiger partial charge in [0, 0.05) is 0 Å². The number of ether oxygens (including phenoxy) is 1. The summed E-state index contributed by atoms with van der Waals surface area (Å²) in [5.74, 6) is -0.639. The zero-order valence-corrected chi connectivity index (χ0v) is 8.77. The van der Waals surface area contributed by atoms with Gasteiger partial charge in [-0.3, -0.25) is 9.59 Å². The van der Waals surface area contributed by atoms with E-state index in [1.807, 2.05) is 0 Å². The third kappa shape index (κ3) is 1.77. The number of phenols is 1. The van der Waals surface area contributed by atoms with Gasteiger partial charge in [0.2, 0.25) is 0 Å². The van der Waals surface area contributed by atoms with Crippen LogP contribution < -0.4 is 4.90 Å². The molecular formula is C11H11NO4. The summed E-state index contributed by atoms with van der Waals surface area (Å²) in [6.07, 6.45) is 0. The van der Waals surface area contributed by atoms with Crippen LogP contribution in [0.25, 0.3) is 0 Å². The second-order valence-corrected chi connectivity index (χ2v) is 3.59. The molecule has 2 amide bonds. The third-order valence-electron chi connectivity index (χ3n) is 2.39. The highest BCUT2D eigenvalue weighted by Gasteiger charge is 2.28. The molecule has 1 aliphatic heterocycles. The summed E-state index contributed by atoms with van der Waals surface area (Å²) in [4.78, 5) is 24.1. The first-order valence-electron chi connectivity index (χ1n) is 4.83.